The van der Waals surface area contributed by atoms with Gasteiger partial charge >= 0.3 is 0 Å². The van der Waals surface area contributed by atoms with Gasteiger partial charge in [0.05, 0.1) is 5.02 Å². The van der Waals surface area contributed by atoms with Gasteiger partial charge in [-0.25, -0.2) is 4.39 Å². The highest BCUT2D eigenvalue weighted by molar-refractivity contribution is 6.31. The number of halogens is 2. The quantitative estimate of drug-likeness (QED) is 0.592. The molecular weight excluding hydrogens is 177 g/mol. The molecule has 0 atom stereocenters. The standard InChI is InChI=1S/C9H7ClFN/c1-12-3-2-6-4-8(11)7(10)5-9(6)12/h2-5H,1H3. The molecule has 1 aromatic heterocycles. The molecule has 62 valence electrons. The summed E-state index contributed by atoms with van der Waals surface area (Å²) in [6.45, 7) is 0. The lowest BCUT2D eigenvalue weighted by atomic mass is 10.2. The molecular formula is C9H7ClFN. The maximum Gasteiger partial charge on any atom is 0.142 e. The SMILES string of the molecule is Cn1ccc2cc(F)c(Cl)cc21. The Labute approximate surface area is 74.4 Å². The van der Waals surface area contributed by atoms with Crippen molar-refractivity contribution in [3.05, 3.63) is 35.2 Å². The summed E-state index contributed by atoms with van der Waals surface area (Å²) in [6, 6.07) is 4.93. The Hall–Kier alpha value is -1.02. The second kappa shape index (κ2) is 2.49. The summed E-state index contributed by atoms with van der Waals surface area (Å²) in [6.07, 6.45) is 1.88. The van der Waals surface area contributed by atoms with Crippen LogP contribution in [0.1, 0.15) is 0 Å². The van der Waals surface area contributed by atoms with Gasteiger partial charge in [0.2, 0.25) is 0 Å². The average molecular weight is 184 g/mol. The smallest absolute Gasteiger partial charge is 0.142 e. The van der Waals surface area contributed by atoms with Gasteiger partial charge in [-0.15, -0.1) is 0 Å². The normalized spacial score (nSPS) is 10.9. The Morgan fingerprint density at radius 2 is 2.17 bits per heavy atom. The molecule has 3 heteroatoms. The molecule has 0 aliphatic heterocycles. The first-order valence-electron chi connectivity index (χ1n) is 3.58. The van der Waals surface area contributed by atoms with Crippen LogP contribution in [0.25, 0.3) is 10.9 Å². The van der Waals surface area contributed by atoms with Gasteiger partial charge < -0.3 is 4.57 Å². The van der Waals surface area contributed by atoms with Gasteiger partial charge in [-0.1, -0.05) is 11.6 Å². The Morgan fingerprint density at radius 1 is 1.42 bits per heavy atom. The van der Waals surface area contributed by atoms with E-state index >= 15 is 0 Å². The fourth-order valence-corrected chi connectivity index (χ4v) is 1.42. The molecule has 0 N–H and O–H groups in total. The first kappa shape index (κ1) is 7.62. The molecule has 0 spiro atoms. The van der Waals surface area contributed by atoms with E-state index in [0.717, 1.165) is 10.9 Å². The van der Waals surface area contributed by atoms with Crippen molar-refractivity contribution in [1.29, 1.82) is 0 Å². The van der Waals surface area contributed by atoms with Crippen LogP contribution in [-0.4, -0.2) is 4.57 Å². The number of rotatable bonds is 0. The van der Waals surface area contributed by atoms with Gasteiger partial charge in [0, 0.05) is 24.1 Å². The predicted molar refractivity (Wildman–Crippen MR) is 47.9 cm³/mol. The van der Waals surface area contributed by atoms with E-state index in [2.05, 4.69) is 0 Å². The molecule has 0 bridgehead atoms. The Balaban J connectivity index is 2.87. The molecule has 2 aromatic rings. The van der Waals surface area contributed by atoms with Crippen LogP contribution in [0, 0.1) is 5.82 Å². The summed E-state index contributed by atoms with van der Waals surface area (Å²) >= 11 is 5.63. The van der Waals surface area contributed by atoms with Crippen LogP contribution in [0.15, 0.2) is 24.4 Å². The van der Waals surface area contributed by atoms with Gasteiger partial charge in [0.15, 0.2) is 0 Å². The topological polar surface area (TPSA) is 4.93 Å². The van der Waals surface area contributed by atoms with Crippen molar-refractivity contribution in [2.45, 2.75) is 0 Å². The molecule has 0 fully saturated rings. The fourth-order valence-electron chi connectivity index (χ4n) is 1.26. The third-order valence-corrected chi connectivity index (χ3v) is 2.22. The van der Waals surface area contributed by atoms with E-state index in [4.69, 9.17) is 11.6 Å². The van der Waals surface area contributed by atoms with Crippen molar-refractivity contribution in [2.75, 3.05) is 0 Å². The summed E-state index contributed by atoms with van der Waals surface area (Å²) in [5.74, 6) is -0.365. The molecule has 0 radical (unpaired) electrons. The minimum absolute atomic E-state index is 0.171. The number of fused-ring (bicyclic) bond motifs is 1. The molecule has 2 rings (SSSR count). The van der Waals surface area contributed by atoms with Crippen LogP contribution in [0.2, 0.25) is 5.02 Å². The lowest BCUT2D eigenvalue weighted by molar-refractivity contribution is 0.630. The first-order valence-corrected chi connectivity index (χ1v) is 3.96. The van der Waals surface area contributed by atoms with Gasteiger partial charge in [-0.3, -0.25) is 0 Å². The van der Waals surface area contributed by atoms with Crippen LogP contribution >= 0.6 is 11.6 Å². The maximum absolute atomic E-state index is 12.9. The molecule has 0 aliphatic carbocycles. The molecule has 1 nitrogen and oxygen atoms in total. The molecule has 0 unspecified atom stereocenters. The lowest BCUT2D eigenvalue weighted by Crippen LogP contribution is -1.84. The second-order valence-corrected chi connectivity index (χ2v) is 3.16. The number of hydrogen-bond donors (Lipinski definition) is 0. The lowest BCUT2D eigenvalue weighted by Gasteiger charge is -1.97. The van der Waals surface area contributed by atoms with E-state index in [9.17, 15) is 4.39 Å². The zero-order chi connectivity index (χ0) is 8.72. The van der Waals surface area contributed by atoms with Crippen LogP contribution < -0.4 is 0 Å². The molecule has 1 heterocycles. The van der Waals surface area contributed by atoms with Crippen LogP contribution in [0.5, 0.6) is 0 Å². The van der Waals surface area contributed by atoms with Gasteiger partial charge in [0.25, 0.3) is 0 Å². The highest BCUT2D eigenvalue weighted by Crippen LogP contribution is 2.22. The van der Waals surface area contributed by atoms with E-state index in [-0.39, 0.29) is 10.8 Å². The van der Waals surface area contributed by atoms with Crippen molar-refractivity contribution in [3.63, 3.8) is 0 Å². The molecule has 12 heavy (non-hydrogen) atoms. The number of aryl methyl sites for hydroxylation is 1. The van der Waals surface area contributed by atoms with Gasteiger partial charge in [0.1, 0.15) is 5.82 Å². The van der Waals surface area contributed by atoms with Crippen LogP contribution in [-0.2, 0) is 7.05 Å². The number of benzene rings is 1. The summed E-state index contributed by atoms with van der Waals surface area (Å²) in [5, 5.41) is 1.05. The maximum atomic E-state index is 12.9. The Kier molecular flexibility index (Phi) is 1.58. The zero-order valence-electron chi connectivity index (χ0n) is 6.51. The summed E-state index contributed by atoms with van der Waals surface area (Å²) < 4.78 is 14.8. The van der Waals surface area contributed by atoms with E-state index in [1.165, 1.54) is 6.07 Å². The summed E-state index contributed by atoms with van der Waals surface area (Å²) in [7, 11) is 1.90. The third kappa shape index (κ3) is 0.994. The number of hydrogen-bond acceptors (Lipinski definition) is 0. The van der Waals surface area contributed by atoms with E-state index in [0.29, 0.717) is 0 Å². The highest BCUT2D eigenvalue weighted by Gasteiger charge is 2.03. The Morgan fingerprint density at radius 3 is 2.92 bits per heavy atom. The fraction of sp³-hybridized carbons (Fsp3) is 0.111. The molecule has 0 aliphatic rings. The van der Waals surface area contributed by atoms with Crippen molar-refractivity contribution in [1.82, 2.24) is 4.57 Å². The van der Waals surface area contributed by atoms with Gasteiger partial charge in [-0.05, 0) is 18.2 Å². The van der Waals surface area contributed by atoms with Gasteiger partial charge in [-0.2, -0.15) is 0 Å². The van der Waals surface area contributed by atoms with Crippen LogP contribution in [0.4, 0.5) is 4.39 Å². The van der Waals surface area contributed by atoms with Crippen molar-refractivity contribution in [2.24, 2.45) is 7.05 Å². The monoisotopic (exact) mass is 183 g/mol. The predicted octanol–water partition coefficient (Wildman–Crippen LogP) is 2.97. The number of nitrogens with zero attached hydrogens (tertiary/aromatic N) is 1. The minimum Gasteiger partial charge on any atom is -0.351 e. The van der Waals surface area contributed by atoms with E-state index in [1.807, 2.05) is 23.9 Å². The Bertz CT molecular complexity index is 433. The molecule has 0 amide bonds. The third-order valence-electron chi connectivity index (χ3n) is 1.93. The average Bonchev–Trinajstić information content (AvgIpc) is 2.35. The van der Waals surface area contributed by atoms with Crippen molar-refractivity contribution < 1.29 is 4.39 Å². The largest absolute Gasteiger partial charge is 0.351 e. The number of aromatic nitrogens is 1. The van der Waals surface area contributed by atoms with Crippen molar-refractivity contribution in [3.8, 4) is 0 Å². The van der Waals surface area contributed by atoms with E-state index in [1.54, 1.807) is 6.07 Å². The second-order valence-electron chi connectivity index (χ2n) is 2.75. The van der Waals surface area contributed by atoms with E-state index < -0.39 is 0 Å². The summed E-state index contributed by atoms with van der Waals surface area (Å²) in [4.78, 5) is 0. The van der Waals surface area contributed by atoms with Crippen LogP contribution in [0.3, 0.4) is 0 Å². The molecule has 1 aromatic carbocycles. The zero-order valence-corrected chi connectivity index (χ0v) is 7.27. The molecule has 0 saturated heterocycles. The first-order chi connectivity index (χ1) is 5.68. The molecule has 0 saturated carbocycles. The van der Waals surface area contributed by atoms with Crippen molar-refractivity contribution >= 4 is 22.5 Å². The summed E-state index contributed by atoms with van der Waals surface area (Å²) in [5.41, 5.74) is 0.946. The highest BCUT2D eigenvalue weighted by atomic mass is 35.5. The minimum atomic E-state index is -0.365.